The summed E-state index contributed by atoms with van der Waals surface area (Å²) in [6.07, 6.45) is 6.13. The molecular weight excluding hydrogens is 582 g/mol. The molecule has 2 bridgehead atoms. The minimum Gasteiger partial charge on any atom is -0.396 e. The molecule has 3 heterocycles. The summed E-state index contributed by atoms with van der Waals surface area (Å²) in [6.45, 7) is 10.9. The van der Waals surface area contributed by atoms with Gasteiger partial charge in [0.05, 0.1) is 27.3 Å². The van der Waals surface area contributed by atoms with E-state index in [1.807, 2.05) is 48.5 Å². The number of nitrogens with zero attached hydrogens (tertiary/aromatic N) is 3. The maximum Gasteiger partial charge on any atom is 0.251 e. The number of fused-ring (bicyclic) bond motifs is 1. The molecule has 3 aliphatic rings. The predicted molar refractivity (Wildman–Crippen MR) is 174 cm³/mol. The number of amides is 3. The van der Waals surface area contributed by atoms with Crippen LogP contribution >= 0.6 is 23.4 Å². The van der Waals surface area contributed by atoms with Gasteiger partial charge >= 0.3 is 0 Å². The van der Waals surface area contributed by atoms with Crippen LogP contribution in [0.4, 0.5) is 11.4 Å². The molecule has 3 aliphatic heterocycles. The van der Waals surface area contributed by atoms with Crippen molar-refractivity contribution in [3.63, 3.8) is 0 Å². The fourth-order valence-corrected chi connectivity index (χ4v) is 10.0. The van der Waals surface area contributed by atoms with Crippen LogP contribution in [0.1, 0.15) is 32.6 Å². The summed E-state index contributed by atoms with van der Waals surface area (Å²) in [4.78, 5) is 48.9. The second-order valence-electron chi connectivity index (χ2n) is 11.6. The Morgan fingerprint density at radius 3 is 2.37 bits per heavy atom. The highest BCUT2D eigenvalue weighted by molar-refractivity contribution is 8.02. The minimum atomic E-state index is -0.761. The van der Waals surface area contributed by atoms with Crippen molar-refractivity contribution in [2.45, 2.75) is 48.6 Å². The number of likely N-dealkylation sites (tertiary alicyclic amines) is 1. The van der Waals surface area contributed by atoms with Gasteiger partial charge in [-0.2, -0.15) is 0 Å². The van der Waals surface area contributed by atoms with Crippen molar-refractivity contribution < 1.29 is 19.5 Å². The topological polar surface area (TPSA) is 81.2 Å². The van der Waals surface area contributed by atoms with Crippen molar-refractivity contribution in [2.75, 3.05) is 36.0 Å². The van der Waals surface area contributed by atoms with Crippen LogP contribution in [-0.4, -0.2) is 70.0 Å². The quantitative estimate of drug-likeness (QED) is 0.233. The van der Waals surface area contributed by atoms with Crippen LogP contribution in [0, 0.1) is 17.8 Å². The summed E-state index contributed by atoms with van der Waals surface area (Å²) in [5, 5.41) is 9.72. The molecule has 0 aromatic heterocycles. The first-order valence-corrected chi connectivity index (χ1v) is 16.3. The zero-order valence-electron chi connectivity index (χ0n) is 24.6. The normalized spacial score (nSPS) is 27.2. The Kier molecular flexibility index (Phi) is 9.69. The molecule has 3 amide bonds. The van der Waals surface area contributed by atoms with E-state index < -0.39 is 22.6 Å². The Hall–Kier alpha value is -3.07. The smallest absolute Gasteiger partial charge is 0.251 e. The number of thioether (sulfide) groups is 1. The molecule has 5 rings (SSSR count). The Balaban J connectivity index is 1.58. The molecule has 9 heteroatoms. The van der Waals surface area contributed by atoms with Crippen LogP contribution < -0.4 is 9.80 Å². The van der Waals surface area contributed by atoms with Crippen molar-refractivity contribution in [1.29, 1.82) is 0 Å². The van der Waals surface area contributed by atoms with Crippen molar-refractivity contribution in [3.8, 4) is 0 Å². The van der Waals surface area contributed by atoms with E-state index in [4.69, 9.17) is 11.6 Å². The molecule has 0 radical (unpaired) electrons. The van der Waals surface area contributed by atoms with E-state index in [0.717, 1.165) is 18.5 Å². The summed E-state index contributed by atoms with van der Waals surface area (Å²) in [5.74, 6) is -1.58. The van der Waals surface area contributed by atoms with Gasteiger partial charge in [0.2, 0.25) is 11.8 Å². The summed E-state index contributed by atoms with van der Waals surface area (Å²) >= 11 is 8.26. The van der Waals surface area contributed by atoms with E-state index in [-0.39, 0.29) is 42.0 Å². The van der Waals surface area contributed by atoms with Crippen molar-refractivity contribution in [1.82, 2.24) is 4.90 Å². The van der Waals surface area contributed by atoms with Crippen LogP contribution in [0.5, 0.6) is 0 Å². The molecule has 3 saturated heterocycles. The maximum absolute atomic E-state index is 14.8. The predicted octanol–water partition coefficient (Wildman–Crippen LogP) is 5.58. The van der Waals surface area contributed by atoms with E-state index in [1.165, 1.54) is 0 Å². The number of halogens is 1. The fourth-order valence-electron chi connectivity index (χ4n) is 7.39. The molecule has 3 unspecified atom stereocenters. The summed E-state index contributed by atoms with van der Waals surface area (Å²) < 4.78 is -0.757. The number of unbranched alkanes of at least 4 members (excludes halogenated alkanes) is 2. The number of aliphatic hydroxyl groups is 1. The van der Waals surface area contributed by atoms with Gasteiger partial charge in [0, 0.05) is 37.2 Å². The fraction of sp³-hybridized carbons (Fsp3) is 0.441. The largest absolute Gasteiger partial charge is 0.396 e. The first kappa shape index (κ1) is 31.4. The van der Waals surface area contributed by atoms with Crippen LogP contribution in [0.3, 0.4) is 0 Å². The number of hydrogen-bond acceptors (Lipinski definition) is 5. The Morgan fingerprint density at radius 1 is 1.02 bits per heavy atom. The monoisotopic (exact) mass is 621 g/mol. The van der Waals surface area contributed by atoms with Gasteiger partial charge in [-0.3, -0.25) is 14.4 Å². The molecule has 2 aromatic rings. The van der Waals surface area contributed by atoms with Crippen molar-refractivity contribution in [2.24, 2.45) is 17.8 Å². The number of anilines is 2. The van der Waals surface area contributed by atoms with Crippen molar-refractivity contribution in [3.05, 3.63) is 84.9 Å². The lowest BCUT2D eigenvalue weighted by molar-refractivity contribution is -0.139. The second-order valence-corrected chi connectivity index (χ2v) is 13.6. The van der Waals surface area contributed by atoms with Gasteiger partial charge in [0.1, 0.15) is 6.04 Å². The SMILES string of the molecule is C=CCN(C(=O)[C@@H]1[C@@H]2CC(C)C3(S2)C(C(=O)N(CC=C)c2ccccc2Cl)N(CCCCCO)C(=O)[C@H]13)c1ccccc1. The number of hydrogen-bond donors (Lipinski definition) is 1. The highest BCUT2D eigenvalue weighted by Crippen LogP contribution is 2.69. The lowest BCUT2D eigenvalue weighted by Gasteiger charge is -2.41. The standard InChI is InChI=1S/C34H40ClN3O4S/c1-4-18-36(24-14-8-6-9-15-24)31(40)28-27-22-23(3)34(43-27)29(28)32(41)38(20-12-7-13-21-39)30(34)33(42)37(19-5-2)26-17-11-10-16-25(26)35/h4-6,8-11,14-17,23,27-30,39H,1-2,7,12-13,18-22H2,3H3/t23?,27-,28+,29-,30?,34?/m0/s1. The molecule has 2 aromatic carbocycles. The molecule has 7 nitrogen and oxygen atoms in total. The third kappa shape index (κ3) is 5.42. The zero-order valence-corrected chi connectivity index (χ0v) is 26.2. The molecule has 0 saturated carbocycles. The van der Waals surface area contributed by atoms with Crippen LogP contribution in [0.25, 0.3) is 0 Å². The Bertz CT molecular complexity index is 1370. The average molecular weight is 622 g/mol. The van der Waals surface area contributed by atoms with Crippen molar-refractivity contribution >= 4 is 52.5 Å². The molecule has 6 atom stereocenters. The minimum absolute atomic E-state index is 0.0401. The summed E-state index contributed by atoms with van der Waals surface area (Å²) in [6, 6.07) is 15.9. The van der Waals surface area contributed by atoms with Gasteiger partial charge in [-0.15, -0.1) is 24.9 Å². The van der Waals surface area contributed by atoms with Gasteiger partial charge in [-0.25, -0.2) is 0 Å². The van der Waals surface area contributed by atoms with Crippen LogP contribution in [-0.2, 0) is 14.4 Å². The highest BCUT2D eigenvalue weighted by Gasteiger charge is 2.76. The number of para-hydroxylation sites is 2. The molecule has 228 valence electrons. The van der Waals surface area contributed by atoms with Crippen LogP contribution in [0.2, 0.25) is 5.02 Å². The third-order valence-electron chi connectivity index (χ3n) is 9.19. The highest BCUT2D eigenvalue weighted by atomic mass is 35.5. The Labute approximate surface area is 263 Å². The Morgan fingerprint density at radius 2 is 1.70 bits per heavy atom. The first-order chi connectivity index (χ1) is 20.8. The number of carbonyl (C=O) groups is 3. The van der Waals surface area contributed by atoms with E-state index >= 15 is 0 Å². The van der Waals surface area contributed by atoms with E-state index in [1.54, 1.807) is 44.7 Å². The average Bonchev–Trinajstić information content (AvgIpc) is 3.60. The number of carbonyl (C=O) groups excluding carboxylic acids is 3. The first-order valence-electron chi connectivity index (χ1n) is 15.0. The second kappa shape index (κ2) is 13.3. The van der Waals surface area contributed by atoms with E-state index in [0.29, 0.717) is 36.6 Å². The van der Waals surface area contributed by atoms with Gasteiger partial charge in [0.15, 0.2) is 0 Å². The molecule has 1 spiro atoms. The molecule has 0 aliphatic carbocycles. The molecule has 43 heavy (non-hydrogen) atoms. The van der Waals surface area contributed by atoms with Gasteiger partial charge in [-0.05, 0) is 55.9 Å². The maximum atomic E-state index is 14.8. The van der Waals surface area contributed by atoms with Crippen LogP contribution in [0.15, 0.2) is 79.9 Å². The summed E-state index contributed by atoms with van der Waals surface area (Å²) in [5.41, 5.74) is 1.33. The van der Waals surface area contributed by atoms with Gasteiger partial charge < -0.3 is 19.8 Å². The lowest BCUT2D eigenvalue weighted by Crippen LogP contribution is -2.57. The lowest BCUT2D eigenvalue weighted by atomic mass is 9.65. The van der Waals surface area contributed by atoms with Gasteiger partial charge in [-0.1, -0.05) is 61.0 Å². The molecular formula is C34H40ClN3O4S. The third-order valence-corrected chi connectivity index (χ3v) is 11.6. The number of benzene rings is 2. The van der Waals surface area contributed by atoms with E-state index in [2.05, 4.69) is 20.1 Å². The van der Waals surface area contributed by atoms with E-state index in [9.17, 15) is 19.5 Å². The zero-order chi connectivity index (χ0) is 30.7. The molecule has 1 N–H and O–H groups in total. The molecule has 3 fully saturated rings. The summed E-state index contributed by atoms with van der Waals surface area (Å²) in [7, 11) is 0. The van der Waals surface area contributed by atoms with Gasteiger partial charge in [0.25, 0.3) is 5.91 Å². The number of rotatable bonds is 13. The number of aliphatic hydroxyl groups excluding tert-OH is 1.